The Hall–Kier alpha value is -0.650. The van der Waals surface area contributed by atoms with Gasteiger partial charge >= 0.3 is 5.97 Å². The molecule has 2 aliphatic carbocycles. The molecule has 110 valence electrons. The highest BCUT2D eigenvalue weighted by Crippen LogP contribution is 2.47. The quantitative estimate of drug-likeness (QED) is 0.526. The summed E-state index contributed by atoms with van der Waals surface area (Å²) in [5, 5.41) is 0. The minimum Gasteiger partial charge on any atom is -0.465 e. The first-order valence-electron chi connectivity index (χ1n) is 7.23. The largest absolute Gasteiger partial charge is 0.465 e. The normalized spacial score (nSPS) is 32.7. The Morgan fingerprint density at radius 1 is 1.16 bits per heavy atom. The molecule has 5 nitrogen and oxygen atoms in total. The van der Waals surface area contributed by atoms with E-state index in [1.54, 1.807) is 7.11 Å². The van der Waals surface area contributed by atoms with Gasteiger partial charge in [-0.15, -0.1) is 0 Å². The summed E-state index contributed by atoms with van der Waals surface area (Å²) in [5.41, 5.74) is 6.11. The minimum absolute atomic E-state index is 0.0178. The maximum atomic E-state index is 12.0. The Bertz CT molecular complexity index is 295. The molecule has 0 aromatic rings. The van der Waals surface area contributed by atoms with Crippen molar-refractivity contribution in [3.05, 3.63) is 0 Å². The maximum Gasteiger partial charge on any atom is 0.310 e. The Kier molecular flexibility index (Phi) is 5.60. The third-order valence-electron chi connectivity index (χ3n) is 4.36. The van der Waals surface area contributed by atoms with Gasteiger partial charge in [-0.2, -0.15) is 0 Å². The van der Waals surface area contributed by atoms with Crippen LogP contribution in [0.25, 0.3) is 0 Å². The Morgan fingerprint density at radius 2 is 1.95 bits per heavy atom. The van der Waals surface area contributed by atoms with E-state index < -0.39 is 0 Å². The molecule has 2 bridgehead atoms. The molecule has 4 unspecified atom stereocenters. The zero-order chi connectivity index (χ0) is 13.7. The second kappa shape index (κ2) is 7.22. The van der Waals surface area contributed by atoms with Crippen molar-refractivity contribution in [3.63, 3.8) is 0 Å². The van der Waals surface area contributed by atoms with Gasteiger partial charge in [0.05, 0.1) is 25.7 Å². The molecule has 0 aromatic carbocycles. The molecular formula is C14H25NO4. The van der Waals surface area contributed by atoms with Crippen molar-refractivity contribution < 1.29 is 19.0 Å². The van der Waals surface area contributed by atoms with E-state index in [-0.39, 0.29) is 17.9 Å². The molecule has 0 heterocycles. The van der Waals surface area contributed by atoms with Crippen LogP contribution in [0.1, 0.15) is 25.7 Å². The van der Waals surface area contributed by atoms with Crippen LogP contribution in [0.15, 0.2) is 0 Å². The van der Waals surface area contributed by atoms with E-state index in [9.17, 15) is 4.79 Å². The molecule has 2 aliphatic rings. The smallest absolute Gasteiger partial charge is 0.310 e. The van der Waals surface area contributed by atoms with E-state index in [0.717, 1.165) is 19.3 Å². The zero-order valence-electron chi connectivity index (χ0n) is 11.7. The van der Waals surface area contributed by atoms with Gasteiger partial charge in [-0.1, -0.05) is 0 Å². The van der Waals surface area contributed by atoms with E-state index in [1.165, 1.54) is 6.42 Å². The summed E-state index contributed by atoms with van der Waals surface area (Å²) in [4.78, 5) is 12.0. The lowest BCUT2D eigenvalue weighted by molar-refractivity contribution is -0.151. The molecule has 2 fully saturated rings. The monoisotopic (exact) mass is 271 g/mol. The highest BCUT2D eigenvalue weighted by molar-refractivity contribution is 5.74. The van der Waals surface area contributed by atoms with Crippen molar-refractivity contribution in [2.24, 2.45) is 23.5 Å². The second-order valence-electron chi connectivity index (χ2n) is 5.56. The van der Waals surface area contributed by atoms with Gasteiger partial charge in [-0.25, -0.2) is 0 Å². The van der Waals surface area contributed by atoms with Crippen LogP contribution in [-0.4, -0.2) is 45.5 Å². The van der Waals surface area contributed by atoms with Crippen LogP contribution in [0.2, 0.25) is 0 Å². The van der Waals surface area contributed by atoms with Crippen molar-refractivity contribution in [2.75, 3.05) is 33.5 Å². The number of esters is 1. The Morgan fingerprint density at radius 3 is 2.63 bits per heavy atom. The summed E-state index contributed by atoms with van der Waals surface area (Å²) in [6.45, 7) is 2.20. The fraction of sp³-hybridized carbons (Fsp3) is 0.929. The Labute approximate surface area is 114 Å². The Balaban J connectivity index is 1.57. The molecule has 2 rings (SSSR count). The molecule has 19 heavy (non-hydrogen) atoms. The number of carbonyl (C=O) groups is 1. The molecule has 2 N–H and O–H groups in total. The van der Waals surface area contributed by atoms with Crippen molar-refractivity contribution in [3.8, 4) is 0 Å². The van der Waals surface area contributed by atoms with Crippen LogP contribution in [0, 0.1) is 17.8 Å². The van der Waals surface area contributed by atoms with Crippen molar-refractivity contribution >= 4 is 5.97 Å². The van der Waals surface area contributed by atoms with Crippen LogP contribution in [0.4, 0.5) is 0 Å². The van der Waals surface area contributed by atoms with Crippen molar-refractivity contribution in [1.82, 2.24) is 0 Å². The number of fused-ring (bicyclic) bond motifs is 2. The molecule has 0 aliphatic heterocycles. The molecule has 5 heteroatoms. The second-order valence-corrected chi connectivity index (χ2v) is 5.56. The van der Waals surface area contributed by atoms with Gasteiger partial charge < -0.3 is 19.9 Å². The first-order valence-corrected chi connectivity index (χ1v) is 7.23. The van der Waals surface area contributed by atoms with Crippen LogP contribution < -0.4 is 5.73 Å². The van der Waals surface area contributed by atoms with Crippen molar-refractivity contribution in [2.45, 2.75) is 31.7 Å². The molecule has 0 radical (unpaired) electrons. The number of hydrogen-bond acceptors (Lipinski definition) is 5. The summed E-state index contributed by atoms with van der Waals surface area (Å²) in [7, 11) is 1.64. The van der Waals surface area contributed by atoms with Gasteiger partial charge in [0.1, 0.15) is 0 Å². The first kappa shape index (κ1) is 14.8. The third kappa shape index (κ3) is 3.68. The summed E-state index contributed by atoms with van der Waals surface area (Å²) >= 11 is 0. The predicted octanol–water partition coefficient (Wildman–Crippen LogP) is 0.956. The molecule has 0 amide bonds. The summed E-state index contributed by atoms with van der Waals surface area (Å²) in [6.07, 6.45) is 4.16. The van der Waals surface area contributed by atoms with E-state index >= 15 is 0 Å². The number of nitrogens with two attached hydrogens (primary N) is 1. The number of methoxy groups -OCH3 is 1. The lowest BCUT2D eigenvalue weighted by atomic mass is 9.85. The van der Waals surface area contributed by atoms with E-state index in [1.807, 2.05) is 0 Å². The summed E-state index contributed by atoms with van der Waals surface area (Å²) < 4.78 is 15.5. The first-order chi connectivity index (χ1) is 9.24. The van der Waals surface area contributed by atoms with Gasteiger partial charge in [0.2, 0.25) is 0 Å². The van der Waals surface area contributed by atoms with Crippen LogP contribution in [-0.2, 0) is 19.0 Å². The van der Waals surface area contributed by atoms with E-state index in [2.05, 4.69) is 0 Å². The zero-order valence-corrected chi connectivity index (χ0v) is 11.7. The fourth-order valence-corrected chi connectivity index (χ4v) is 3.36. The van der Waals surface area contributed by atoms with Gasteiger partial charge in [-0.05, 0) is 31.1 Å². The predicted molar refractivity (Wildman–Crippen MR) is 70.6 cm³/mol. The highest BCUT2D eigenvalue weighted by Gasteiger charge is 2.49. The standard InChI is InChI=1S/C14H25NO4/c1-17-7-8-18-5-2-6-19-14(16)12-10-3-4-11(9-10)13(12)15/h10-13H,2-9,15H2,1H3. The fourth-order valence-electron chi connectivity index (χ4n) is 3.36. The molecule has 2 saturated carbocycles. The van der Waals surface area contributed by atoms with Crippen molar-refractivity contribution in [1.29, 1.82) is 0 Å². The number of hydrogen-bond donors (Lipinski definition) is 1. The summed E-state index contributed by atoms with van der Waals surface area (Å²) in [6, 6.07) is 0.0178. The number of ether oxygens (including phenoxy) is 3. The van der Waals surface area contributed by atoms with E-state index in [4.69, 9.17) is 19.9 Å². The van der Waals surface area contributed by atoms with Gasteiger partial charge in [0.15, 0.2) is 0 Å². The van der Waals surface area contributed by atoms with Crippen LogP contribution in [0.3, 0.4) is 0 Å². The lowest BCUT2D eigenvalue weighted by Crippen LogP contribution is -2.41. The highest BCUT2D eigenvalue weighted by atomic mass is 16.5. The molecule has 4 atom stereocenters. The lowest BCUT2D eigenvalue weighted by Gasteiger charge is -2.26. The topological polar surface area (TPSA) is 70.8 Å². The maximum absolute atomic E-state index is 12.0. The average molecular weight is 271 g/mol. The average Bonchev–Trinajstić information content (AvgIpc) is 2.98. The SMILES string of the molecule is COCCOCCCOC(=O)C1C2CCC(C2)C1N. The number of carbonyl (C=O) groups excluding carboxylic acids is 1. The third-order valence-corrected chi connectivity index (χ3v) is 4.36. The molecular weight excluding hydrogens is 246 g/mol. The number of rotatable bonds is 8. The minimum atomic E-state index is -0.100. The molecule has 0 spiro atoms. The summed E-state index contributed by atoms with van der Waals surface area (Å²) in [5.74, 6) is 0.843. The van der Waals surface area contributed by atoms with Gasteiger partial charge in [0, 0.05) is 26.2 Å². The van der Waals surface area contributed by atoms with Crippen LogP contribution >= 0.6 is 0 Å². The molecule has 0 aromatic heterocycles. The molecule has 0 saturated heterocycles. The van der Waals surface area contributed by atoms with E-state index in [0.29, 0.717) is 38.3 Å². The van der Waals surface area contributed by atoms with Crippen LogP contribution in [0.5, 0.6) is 0 Å². The van der Waals surface area contributed by atoms with Gasteiger partial charge in [0.25, 0.3) is 0 Å². The van der Waals surface area contributed by atoms with Gasteiger partial charge in [-0.3, -0.25) is 4.79 Å².